The van der Waals surface area contributed by atoms with Crippen LogP contribution in [0.15, 0.2) is 11.1 Å². The molecule has 2 aliphatic rings. The summed E-state index contributed by atoms with van der Waals surface area (Å²) in [4.78, 5) is 22.6. The second kappa shape index (κ2) is 3.47. The van der Waals surface area contributed by atoms with Gasteiger partial charge in [-0.15, -0.1) is 0 Å². The van der Waals surface area contributed by atoms with E-state index in [2.05, 4.69) is 19.2 Å². The van der Waals surface area contributed by atoms with Gasteiger partial charge in [0.05, 0.1) is 6.42 Å². The number of hydrogen-bond acceptors (Lipinski definition) is 2. The summed E-state index contributed by atoms with van der Waals surface area (Å²) in [6.45, 7) is 4.45. The Morgan fingerprint density at radius 2 is 2.00 bits per heavy atom. The van der Waals surface area contributed by atoms with Crippen LogP contribution < -0.4 is 5.32 Å². The SMILES string of the molecule is CC1(C)CCCC(=C2CC(=O)NC2=O)C1. The molecule has 82 valence electrons. The van der Waals surface area contributed by atoms with Crippen LogP contribution in [0.2, 0.25) is 0 Å². The van der Waals surface area contributed by atoms with Gasteiger partial charge in [-0.05, 0) is 31.1 Å². The van der Waals surface area contributed by atoms with Crippen LogP contribution in [0, 0.1) is 5.41 Å². The lowest BCUT2D eigenvalue weighted by Crippen LogP contribution is -2.22. The first-order valence-corrected chi connectivity index (χ1v) is 5.53. The number of amides is 2. The molecule has 2 fully saturated rings. The Hall–Kier alpha value is -1.12. The van der Waals surface area contributed by atoms with E-state index in [1.165, 1.54) is 12.0 Å². The molecule has 0 aromatic heterocycles. The number of hydrogen-bond donors (Lipinski definition) is 1. The lowest BCUT2D eigenvalue weighted by atomic mass is 9.73. The maximum atomic E-state index is 11.5. The van der Waals surface area contributed by atoms with Crippen molar-refractivity contribution in [3.63, 3.8) is 0 Å². The summed E-state index contributed by atoms with van der Waals surface area (Å²) in [5.74, 6) is -0.307. The van der Waals surface area contributed by atoms with Gasteiger partial charge in [-0.2, -0.15) is 0 Å². The zero-order valence-electron chi connectivity index (χ0n) is 9.35. The third-order valence-corrected chi connectivity index (χ3v) is 3.32. The van der Waals surface area contributed by atoms with Crippen molar-refractivity contribution in [3.05, 3.63) is 11.1 Å². The van der Waals surface area contributed by atoms with Crippen molar-refractivity contribution in [2.75, 3.05) is 0 Å². The first kappa shape index (κ1) is 10.4. The summed E-state index contributed by atoms with van der Waals surface area (Å²) in [6, 6.07) is 0. The summed E-state index contributed by atoms with van der Waals surface area (Å²) < 4.78 is 0. The van der Waals surface area contributed by atoms with Crippen LogP contribution in [0.5, 0.6) is 0 Å². The van der Waals surface area contributed by atoms with Gasteiger partial charge in [-0.3, -0.25) is 14.9 Å². The molecule has 3 nitrogen and oxygen atoms in total. The zero-order valence-corrected chi connectivity index (χ0v) is 9.35. The molecule has 0 atom stereocenters. The molecule has 3 heteroatoms. The predicted molar refractivity (Wildman–Crippen MR) is 57.0 cm³/mol. The molecule has 0 radical (unpaired) electrons. The van der Waals surface area contributed by atoms with Crippen LogP contribution in [0.3, 0.4) is 0 Å². The quantitative estimate of drug-likeness (QED) is 0.487. The van der Waals surface area contributed by atoms with Gasteiger partial charge in [0, 0.05) is 5.57 Å². The maximum absolute atomic E-state index is 11.5. The minimum atomic E-state index is -0.160. The summed E-state index contributed by atoms with van der Waals surface area (Å²) in [6.07, 6.45) is 4.58. The highest BCUT2D eigenvalue weighted by molar-refractivity contribution is 6.13. The minimum absolute atomic E-state index is 0.147. The molecule has 0 spiro atoms. The van der Waals surface area contributed by atoms with Gasteiger partial charge in [0.25, 0.3) is 5.91 Å². The fourth-order valence-electron chi connectivity index (χ4n) is 2.57. The Balaban J connectivity index is 2.25. The zero-order chi connectivity index (χ0) is 11.1. The molecule has 2 amide bonds. The molecule has 0 bridgehead atoms. The summed E-state index contributed by atoms with van der Waals surface area (Å²) >= 11 is 0. The molecule has 1 aliphatic heterocycles. The number of allylic oxidation sites excluding steroid dienone is 1. The average molecular weight is 207 g/mol. The summed E-state index contributed by atoms with van der Waals surface area (Å²) in [5, 5.41) is 2.36. The second-order valence-corrected chi connectivity index (χ2v) is 5.33. The van der Waals surface area contributed by atoms with Crippen molar-refractivity contribution in [2.45, 2.75) is 46.0 Å². The number of nitrogens with one attached hydrogen (secondary N) is 1. The topological polar surface area (TPSA) is 46.2 Å². The van der Waals surface area contributed by atoms with Crippen molar-refractivity contribution in [3.8, 4) is 0 Å². The highest BCUT2D eigenvalue weighted by Crippen LogP contribution is 2.40. The van der Waals surface area contributed by atoms with E-state index < -0.39 is 0 Å². The van der Waals surface area contributed by atoms with Crippen LogP contribution in [0.4, 0.5) is 0 Å². The van der Waals surface area contributed by atoms with Gasteiger partial charge in [0.2, 0.25) is 5.91 Å². The summed E-state index contributed by atoms with van der Waals surface area (Å²) in [7, 11) is 0. The monoisotopic (exact) mass is 207 g/mol. The molecular formula is C12H17NO2. The van der Waals surface area contributed by atoms with E-state index in [1.807, 2.05) is 0 Å². The van der Waals surface area contributed by atoms with E-state index in [-0.39, 0.29) is 17.2 Å². The molecule has 1 saturated carbocycles. The molecule has 1 saturated heterocycles. The summed E-state index contributed by atoms with van der Waals surface area (Å²) in [5.41, 5.74) is 2.23. The van der Waals surface area contributed by atoms with Gasteiger partial charge >= 0.3 is 0 Å². The van der Waals surface area contributed by atoms with Gasteiger partial charge in [0.15, 0.2) is 0 Å². The fourth-order valence-corrected chi connectivity index (χ4v) is 2.57. The normalized spacial score (nSPS) is 30.5. The van der Waals surface area contributed by atoms with E-state index in [0.717, 1.165) is 24.8 Å². The lowest BCUT2D eigenvalue weighted by Gasteiger charge is -2.31. The molecule has 1 N–H and O–H groups in total. The number of rotatable bonds is 0. The van der Waals surface area contributed by atoms with Gasteiger partial charge < -0.3 is 0 Å². The first-order chi connectivity index (χ1) is 6.98. The van der Waals surface area contributed by atoms with Crippen molar-refractivity contribution < 1.29 is 9.59 Å². The average Bonchev–Trinajstić information content (AvgIpc) is 2.43. The highest BCUT2D eigenvalue weighted by Gasteiger charge is 2.31. The minimum Gasteiger partial charge on any atom is -0.292 e. The van der Waals surface area contributed by atoms with Crippen molar-refractivity contribution in [1.29, 1.82) is 0 Å². The Bertz CT molecular complexity index is 353. The van der Waals surface area contributed by atoms with Crippen LogP contribution in [-0.4, -0.2) is 11.8 Å². The van der Waals surface area contributed by atoms with Crippen molar-refractivity contribution in [2.24, 2.45) is 5.41 Å². The Morgan fingerprint density at radius 1 is 1.27 bits per heavy atom. The molecule has 0 aromatic rings. The van der Waals surface area contributed by atoms with Crippen LogP contribution in [0.25, 0.3) is 0 Å². The van der Waals surface area contributed by atoms with Crippen LogP contribution in [-0.2, 0) is 9.59 Å². The fraction of sp³-hybridized carbons (Fsp3) is 0.667. The molecule has 1 aliphatic carbocycles. The van der Waals surface area contributed by atoms with Crippen molar-refractivity contribution in [1.82, 2.24) is 5.32 Å². The van der Waals surface area contributed by atoms with E-state index in [4.69, 9.17) is 0 Å². The maximum Gasteiger partial charge on any atom is 0.254 e. The first-order valence-electron chi connectivity index (χ1n) is 5.53. The van der Waals surface area contributed by atoms with E-state index >= 15 is 0 Å². The van der Waals surface area contributed by atoms with Gasteiger partial charge in [-0.25, -0.2) is 0 Å². The van der Waals surface area contributed by atoms with Crippen LogP contribution in [0.1, 0.15) is 46.0 Å². The molecule has 15 heavy (non-hydrogen) atoms. The molecule has 0 aromatic carbocycles. The van der Waals surface area contributed by atoms with Gasteiger partial charge in [-0.1, -0.05) is 19.4 Å². The Morgan fingerprint density at radius 3 is 2.53 bits per heavy atom. The molecule has 2 rings (SSSR count). The molecule has 1 heterocycles. The smallest absolute Gasteiger partial charge is 0.254 e. The van der Waals surface area contributed by atoms with Crippen molar-refractivity contribution >= 4 is 11.8 Å². The third kappa shape index (κ3) is 2.11. The van der Waals surface area contributed by atoms with Crippen LogP contribution >= 0.6 is 0 Å². The second-order valence-electron chi connectivity index (χ2n) is 5.33. The number of imide groups is 1. The highest BCUT2D eigenvalue weighted by atomic mass is 16.2. The Labute approximate surface area is 89.9 Å². The van der Waals surface area contributed by atoms with E-state index in [0.29, 0.717) is 6.42 Å². The van der Waals surface area contributed by atoms with Gasteiger partial charge in [0.1, 0.15) is 0 Å². The van der Waals surface area contributed by atoms with E-state index in [1.54, 1.807) is 0 Å². The lowest BCUT2D eigenvalue weighted by molar-refractivity contribution is -0.124. The number of carbonyl (C=O) groups is 2. The third-order valence-electron chi connectivity index (χ3n) is 3.32. The largest absolute Gasteiger partial charge is 0.292 e. The Kier molecular flexibility index (Phi) is 2.41. The molecular weight excluding hydrogens is 190 g/mol. The number of carbonyl (C=O) groups excluding carboxylic acids is 2. The predicted octanol–water partition coefficient (Wildman–Crippen LogP) is 1.93. The van der Waals surface area contributed by atoms with E-state index in [9.17, 15) is 9.59 Å². The standard InChI is InChI=1S/C12H17NO2/c1-12(2)5-3-4-8(7-12)9-6-10(14)13-11(9)15/h3-7H2,1-2H3,(H,13,14,15). The molecule has 0 unspecified atom stereocenters.